The van der Waals surface area contributed by atoms with Crippen LogP contribution in [0.2, 0.25) is 0 Å². The Morgan fingerprint density at radius 1 is 0.293 bits per heavy atom. The molecule has 0 bridgehead atoms. The second-order valence-corrected chi connectivity index (χ2v) is 14.9. The van der Waals surface area contributed by atoms with Crippen molar-refractivity contribution in [1.82, 2.24) is 0 Å². The molecule has 11 rings (SSSR count). The van der Waals surface area contributed by atoms with Crippen LogP contribution in [-0.4, -0.2) is 0 Å². The van der Waals surface area contributed by atoms with Gasteiger partial charge < -0.3 is 9.32 Å². The van der Waals surface area contributed by atoms with E-state index >= 15 is 0 Å². The molecule has 0 spiro atoms. The number of benzene rings is 10. The van der Waals surface area contributed by atoms with Crippen LogP contribution in [0, 0.1) is 0 Å². The summed E-state index contributed by atoms with van der Waals surface area (Å²) in [5.74, 6) is 0. The molecule has 10 aromatic carbocycles. The fraction of sp³-hybridized carbons (Fsp3) is 0. The maximum Gasteiger partial charge on any atom is 0.143 e. The molecule has 1 heterocycles. The van der Waals surface area contributed by atoms with Crippen LogP contribution in [0.1, 0.15) is 0 Å². The van der Waals surface area contributed by atoms with Crippen molar-refractivity contribution in [3.63, 3.8) is 0 Å². The van der Waals surface area contributed by atoms with E-state index in [1.807, 2.05) is 0 Å². The van der Waals surface area contributed by atoms with Crippen LogP contribution < -0.4 is 4.90 Å². The Labute approximate surface area is 337 Å². The van der Waals surface area contributed by atoms with Crippen LogP contribution >= 0.6 is 0 Å². The van der Waals surface area contributed by atoms with Crippen molar-refractivity contribution < 1.29 is 4.42 Å². The summed E-state index contributed by atoms with van der Waals surface area (Å²) in [6.07, 6.45) is 0. The first kappa shape index (κ1) is 33.6. The van der Waals surface area contributed by atoms with Gasteiger partial charge in [-0.25, -0.2) is 0 Å². The average molecular weight is 740 g/mol. The third-order valence-electron chi connectivity index (χ3n) is 11.5. The van der Waals surface area contributed by atoms with E-state index in [2.05, 4.69) is 229 Å². The molecule has 0 atom stereocenters. The van der Waals surface area contributed by atoms with Gasteiger partial charge in [0.2, 0.25) is 0 Å². The minimum Gasteiger partial charge on any atom is -0.455 e. The summed E-state index contributed by atoms with van der Waals surface area (Å²) in [5, 5.41) is 6.97. The molecule has 0 amide bonds. The van der Waals surface area contributed by atoms with Crippen LogP contribution in [0.25, 0.3) is 88.0 Å². The van der Waals surface area contributed by atoms with Gasteiger partial charge in [0.25, 0.3) is 0 Å². The molecule has 0 fully saturated rings. The Balaban J connectivity index is 1.18. The van der Waals surface area contributed by atoms with Crippen LogP contribution in [0.15, 0.2) is 229 Å². The molecule has 0 aliphatic carbocycles. The minimum absolute atomic E-state index is 0.850. The molecule has 0 saturated heterocycles. The summed E-state index contributed by atoms with van der Waals surface area (Å²) < 4.78 is 7.03. The maximum atomic E-state index is 7.03. The van der Waals surface area contributed by atoms with Gasteiger partial charge in [-0.2, -0.15) is 0 Å². The maximum absolute atomic E-state index is 7.03. The van der Waals surface area contributed by atoms with E-state index in [1.165, 1.54) is 49.5 Å². The van der Waals surface area contributed by atoms with Crippen molar-refractivity contribution in [2.45, 2.75) is 0 Å². The lowest BCUT2D eigenvalue weighted by Crippen LogP contribution is -2.11. The van der Waals surface area contributed by atoms with Gasteiger partial charge in [-0.3, -0.25) is 0 Å². The topological polar surface area (TPSA) is 16.4 Å². The second kappa shape index (κ2) is 14.1. The summed E-state index contributed by atoms with van der Waals surface area (Å²) in [4.78, 5) is 2.38. The molecule has 0 aliphatic rings. The lowest BCUT2D eigenvalue weighted by Gasteiger charge is -2.28. The van der Waals surface area contributed by atoms with E-state index in [-0.39, 0.29) is 0 Å². The predicted octanol–water partition coefficient (Wildman–Crippen LogP) is 16.0. The van der Waals surface area contributed by atoms with Gasteiger partial charge in [-0.15, -0.1) is 0 Å². The predicted molar refractivity (Wildman–Crippen MR) is 245 cm³/mol. The Bertz CT molecular complexity index is 3140. The highest BCUT2D eigenvalue weighted by molar-refractivity contribution is 6.30. The number of nitrogens with zero attached hydrogens (tertiary/aromatic N) is 1. The Hall–Kier alpha value is -7.68. The molecule has 0 saturated carbocycles. The van der Waals surface area contributed by atoms with Gasteiger partial charge in [0.1, 0.15) is 11.2 Å². The number of hydrogen-bond acceptors (Lipinski definition) is 2. The van der Waals surface area contributed by atoms with Crippen molar-refractivity contribution in [3.05, 3.63) is 224 Å². The van der Waals surface area contributed by atoms with Crippen LogP contribution in [-0.2, 0) is 0 Å². The van der Waals surface area contributed by atoms with Gasteiger partial charge in [0, 0.05) is 39.2 Å². The summed E-state index contributed by atoms with van der Waals surface area (Å²) in [6, 6.07) is 80.5. The van der Waals surface area contributed by atoms with E-state index in [9.17, 15) is 0 Å². The molecule has 0 aliphatic heterocycles. The van der Waals surface area contributed by atoms with E-state index in [0.29, 0.717) is 0 Å². The van der Waals surface area contributed by atoms with Crippen molar-refractivity contribution in [3.8, 4) is 44.5 Å². The van der Waals surface area contributed by atoms with Crippen LogP contribution in [0.5, 0.6) is 0 Å². The first-order chi connectivity index (χ1) is 28.8. The molecule has 58 heavy (non-hydrogen) atoms. The van der Waals surface area contributed by atoms with E-state index in [0.717, 1.165) is 55.5 Å². The number of fused-ring (bicyclic) bond motifs is 8. The zero-order chi connectivity index (χ0) is 38.4. The smallest absolute Gasteiger partial charge is 0.143 e. The summed E-state index contributed by atoms with van der Waals surface area (Å²) in [5.41, 5.74) is 14.3. The second-order valence-electron chi connectivity index (χ2n) is 14.9. The van der Waals surface area contributed by atoms with Crippen LogP contribution in [0.3, 0.4) is 0 Å². The third-order valence-corrected chi connectivity index (χ3v) is 11.5. The highest BCUT2D eigenvalue weighted by Gasteiger charge is 2.23. The monoisotopic (exact) mass is 739 g/mol. The van der Waals surface area contributed by atoms with Crippen molar-refractivity contribution in [2.24, 2.45) is 0 Å². The average Bonchev–Trinajstić information content (AvgIpc) is 3.69. The Kier molecular flexibility index (Phi) is 8.19. The van der Waals surface area contributed by atoms with Crippen molar-refractivity contribution >= 4 is 60.5 Å². The highest BCUT2D eigenvalue weighted by Crippen LogP contribution is 2.48. The first-order valence-electron chi connectivity index (χ1n) is 19.8. The molecule has 0 unspecified atom stereocenters. The van der Waals surface area contributed by atoms with Crippen molar-refractivity contribution in [1.29, 1.82) is 0 Å². The van der Waals surface area contributed by atoms with E-state index in [1.54, 1.807) is 0 Å². The van der Waals surface area contributed by atoms with Gasteiger partial charge in [-0.1, -0.05) is 188 Å². The number of furan rings is 1. The lowest BCUT2D eigenvalue weighted by molar-refractivity contribution is 0.673. The zero-order valence-electron chi connectivity index (χ0n) is 31.7. The fourth-order valence-corrected chi connectivity index (χ4v) is 8.62. The summed E-state index contributed by atoms with van der Waals surface area (Å²) >= 11 is 0. The quantitative estimate of drug-likeness (QED) is 0.151. The molecule has 11 aromatic rings. The molecule has 0 radical (unpaired) electrons. The highest BCUT2D eigenvalue weighted by atomic mass is 16.3. The third kappa shape index (κ3) is 5.82. The summed E-state index contributed by atoms with van der Waals surface area (Å²) in [7, 11) is 0. The SMILES string of the molecule is c1ccc(-c2ccc(-c3cc4c(cc3N(c3ccc(-c5ccccc5)cc3)c3ccc(-c5ccccc5)cc3)oc3c5ccccc5c5ccccc5c43)cc2)cc1. The van der Waals surface area contributed by atoms with E-state index in [4.69, 9.17) is 4.42 Å². The lowest BCUT2D eigenvalue weighted by atomic mass is 9.94. The molecule has 0 N–H and O–H groups in total. The molecular weight excluding hydrogens is 703 g/mol. The zero-order valence-corrected chi connectivity index (χ0v) is 31.7. The molecule has 1 aromatic heterocycles. The van der Waals surface area contributed by atoms with Crippen molar-refractivity contribution in [2.75, 3.05) is 4.90 Å². The number of rotatable bonds is 7. The van der Waals surface area contributed by atoms with Crippen LogP contribution in [0.4, 0.5) is 17.1 Å². The largest absolute Gasteiger partial charge is 0.455 e. The van der Waals surface area contributed by atoms with Gasteiger partial charge in [0.05, 0.1) is 5.69 Å². The molecule has 2 heteroatoms. The number of hydrogen-bond donors (Lipinski definition) is 0. The van der Waals surface area contributed by atoms with Gasteiger partial charge in [-0.05, 0) is 85.4 Å². The summed E-state index contributed by atoms with van der Waals surface area (Å²) in [6.45, 7) is 0. The fourth-order valence-electron chi connectivity index (χ4n) is 8.62. The normalized spacial score (nSPS) is 11.4. The Morgan fingerprint density at radius 3 is 1.17 bits per heavy atom. The molecule has 2 nitrogen and oxygen atoms in total. The molecular formula is C56H37NO. The van der Waals surface area contributed by atoms with Gasteiger partial charge in [0.15, 0.2) is 0 Å². The minimum atomic E-state index is 0.850. The first-order valence-corrected chi connectivity index (χ1v) is 19.8. The van der Waals surface area contributed by atoms with Gasteiger partial charge >= 0.3 is 0 Å². The van der Waals surface area contributed by atoms with E-state index < -0.39 is 0 Å². The number of anilines is 3. The Morgan fingerprint density at radius 2 is 0.672 bits per heavy atom. The standard InChI is InChI=1S/C56H37NO/c1-4-14-38(15-5-1)41-24-26-44(27-25-41)51-36-52-54(58-56-50-23-13-11-21-48(50)47-20-10-12-22-49(47)55(52)56)37-53(51)57(45-32-28-42(29-33-45)39-16-6-2-7-17-39)46-34-30-43(31-35-46)40-18-8-3-9-19-40/h1-37H. The molecule has 272 valence electrons.